The highest BCUT2D eigenvalue weighted by molar-refractivity contribution is 6.00. The molecule has 106 valence electrons. The normalized spacial score (nSPS) is 9.76. The predicted molar refractivity (Wildman–Crippen MR) is 67.1 cm³/mol. The van der Waals surface area contributed by atoms with Crippen LogP contribution in [0.15, 0.2) is 22.7 Å². The van der Waals surface area contributed by atoms with Crippen LogP contribution in [-0.4, -0.2) is 36.1 Å². The van der Waals surface area contributed by atoms with Crippen molar-refractivity contribution in [1.82, 2.24) is 9.97 Å². The fourth-order valence-corrected chi connectivity index (χ4v) is 1.48. The quantitative estimate of drug-likeness (QED) is 0.773. The van der Waals surface area contributed by atoms with Gasteiger partial charge in [0.2, 0.25) is 17.3 Å². The molecule has 0 aliphatic heterocycles. The first-order valence-electron chi connectivity index (χ1n) is 5.64. The Labute approximate surface area is 118 Å². The number of aromatic nitrogens is 2. The number of rotatable bonds is 3. The fraction of sp³-hybridized carbons (Fsp3) is 0.154. The molecule has 0 saturated heterocycles. The van der Waals surface area contributed by atoms with Gasteiger partial charge in [0, 0.05) is 6.20 Å². The Morgan fingerprint density at radius 3 is 2.48 bits per heavy atom. The molecular formula is C13H9N3O5. The van der Waals surface area contributed by atoms with E-state index in [-0.39, 0.29) is 23.0 Å². The van der Waals surface area contributed by atoms with Crippen LogP contribution < -0.4 is 0 Å². The second kappa shape index (κ2) is 5.83. The molecule has 21 heavy (non-hydrogen) atoms. The van der Waals surface area contributed by atoms with E-state index >= 15 is 0 Å². The monoisotopic (exact) mass is 287 g/mol. The first-order chi connectivity index (χ1) is 10.1. The number of nitrogens with zero attached hydrogens (tertiary/aromatic N) is 3. The molecule has 0 radical (unpaired) electrons. The number of pyridine rings is 1. The van der Waals surface area contributed by atoms with E-state index in [1.54, 1.807) is 0 Å². The summed E-state index contributed by atoms with van der Waals surface area (Å²) in [4.78, 5) is 31.0. The number of esters is 2. The lowest BCUT2D eigenvalue weighted by Gasteiger charge is -1.96. The second-order valence-electron chi connectivity index (χ2n) is 3.72. The van der Waals surface area contributed by atoms with Crippen LogP contribution >= 0.6 is 0 Å². The van der Waals surface area contributed by atoms with Gasteiger partial charge >= 0.3 is 11.9 Å². The lowest BCUT2D eigenvalue weighted by atomic mass is 10.3. The van der Waals surface area contributed by atoms with E-state index in [1.165, 1.54) is 18.3 Å². The molecule has 0 N–H and O–H groups in total. The molecule has 0 unspecified atom stereocenters. The maximum Gasteiger partial charge on any atom is 0.376 e. The van der Waals surface area contributed by atoms with E-state index in [2.05, 4.69) is 19.4 Å². The minimum Gasteiger partial charge on any atom is -0.464 e. The third-order valence-corrected chi connectivity index (χ3v) is 2.49. The maximum absolute atomic E-state index is 11.6. The van der Waals surface area contributed by atoms with Crippen molar-refractivity contribution in [2.75, 3.05) is 14.2 Å². The molecule has 2 heterocycles. The van der Waals surface area contributed by atoms with Gasteiger partial charge < -0.3 is 13.9 Å². The SMILES string of the molecule is COC(=O)c1nc(-c2ccc(C#N)cn2)oc1C(=O)OC. The summed E-state index contributed by atoms with van der Waals surface area (Å²) in [6, 6.07) is 4.90. The van der Waals surface area contributed by atoms with Gasteiger partial charge in [0.05, 0.1) is 19.8 Å². The largest absolute Gasteiger partial charge is 0.464 e. The molecule has 2 aromatic heterocycles. The Kier molecular flexibility index (Phi) is 3.95. The summed E-state index contributed by atoms with van der Waals surface area (Å²) in [6.07, 6.45) is 1.31. The van der Waals surface area contributed by atoms with Crippen molar-refractivity contribution in [3.63, 3.8) is 0 Å². The van der Waals surface area contributed by atoms with Crippen LogP contribution in [-0.2, 0) is 9.47 Å². The molecule has 0 spiro atoms. The molecule has 0 atom stereocenters. The number of methoxy groups -OCH3 is 2. The summed E-state index contributed by atoms with van der Waals surface area (Å²) < 4.78 is 14.3. The molecule has 0 aliphatic rings. The van der Waals surface area contributed by atoms with Crippen molar-refractivity contribution in [2.45, 2.75) is 0 Å². The first kappa shape index (κ1) is 14.2. The molecule has 0 bridgehead atoms. The van der Waals surface area contributed by atoms with Crippen LogP contribution in [0.2, 0.25) is 0 Å². The van der Waals surface area contributed by atoms with E-state index < -0.39 is 11.9 Å². The number of carbonyl (C=O) groups is 2. The zero-order valence-corrected chi connectivity index (χ0v) is 11.1. The first-order valence-corrected chi connectivity index (χ1v) is 5.64. The summed E-state index contributed by atoms with van der Waals surface area (Å²) in [5, 5.41) is 8.71. The molecule has 2 aromatic rings. The number of oxazole rings is 1. The van der Waals surface area contributed by atoms with Crippen molar-refractivity contribution in [3.8, 4) is 17.7 Å². The van der Waals surface area contributed by atoms with Gasteiger partial charge in [-0.15, -0.1) is 0 Å². The molecule has 0 aliphatic carbocycles. The number of ether oxygens (including phenoxy) is 2. The average Bonchev–Trinajstić information content (AvgIpc) is 2.98. The Hall–Kier alpha value is -3.21. The molecule has 8 nitrogen and oxygen atoms in total. The molecular weight excluding hydrogens is 278 g/mol. The van der Waals surface area contributed by atoms with Crippen molar-refractivity contribution in [2.24, 2.45) is 0 Å². The third-order valence-electron chi connectivity index (χ3n) is 2.49. The molecule has 0 fully saturated rings. The molecule has 0 amide bonds. The fourth-order valence-electron chi connectivity index (χ4n) is 1.48. The van der Waals surface area contributed by atoms with Crippen LogP contribution in [0, 0.1) is 11.3 Å². The van der Waals surface area contributed by atoms with E-state index in [0.717, 1.165) is 14.2 Å². The number of hydrogen-bond acceptors (Lipinski definition) is 8. The molecule has 0 aromatic carbocycles. The van der Waals surface area contributed by atoms with Gasteiger partial charge in [-0.05, 0) is 12.1 Å². The summed E-state index contributed by atoms with van der Waals surface area (Å²) in [5.74, 6) is -2.12. The topological polar surface area (TPSA) is 115 Å². The molecule has 2 rings (SSSR count). The van der Waals surface area contributed by atoms with Gasteiger partial charge in [0.25, 0.3) is 0 Å². The van der Waals surface area contributed by atoms with Gasteiger partial charge in [-0.1, -0.05) is 0 Å². The van der Waals surface area contributed by atoms with E-state index in [9.17, 15) is 9.59 Å². The third kappa shape index (κ3) is 2.71. The lowest BCUT2D eigenvalue weighted by Crippen LogP contribution is -2.10. The lowest BCUT2D eigenvalue weighted by molar-refractivity contribution is 0.0527. The van der Waals surface area contributed by atoms with Crippen LogP contribution in [0.1, 0.15) is 26.6 Å². The van der Waals surface area contributed by atoms with Gasteiger partial charge in [0.1, 0.15) is 11.8 Å². The van der Waals surface area contributed by atoms with Crippen LogP contribution in [0.3, 0.4) is 0 Å². The zero-order chi connectivity index (χ0) is 15.4. The Morgan fingerprint density at radius 2 is 1.95 bits per heavy atom. The summed E-state index contributed by atoms with van der Waals surface area (Å²) in [6.45, 7) is 0. The maximum atomic E-state index is 11.6. The van der Waals surface area contributed by atoms with Crippen molar-refractivity contribution < 1.29 is 23.5 Å². The van der Waals surface area contributed by atoms with Crippen molar-refractivity contribution in [1.29, 1.82) is 5.26 Å². The van der Waals surface area contributed by atoms with E-state index in [0.29, 0.717) is 5.56 Å². The molecule has 8 heteroatoms. The van der Waals surface area contributed by atoms with Crippen LogP contribution in [0.25, 0.3) is 11.6 Å². The number of nitriles is 1. The van der Waals surface area contributed by atoms with E-state index in [4.69, 9.17) is 9.68 Å². The van der Waals surface area contributed by atoms with Crippen molar-refractivity contribution in [3.05, 3.63) is 35.3 Å². The highest BCUT2D eigenvalue weighted by atomic mass is 16.5. The summed E-state index contributed by atoms with van der Waals surface area (Å²) in [5.41, 5.74) is 0.312. The average molecular weight is 287 g/mol. The Bertz CT molecular complexity index is 694. The standard InChI is InChI=1S/C13H9N3O5/c1-19-12(17)9-10(13(18)20-2)21-11(16-9)8-4-3-7(5-14)6-15-8/h3-4,6H,1-2H3. The van der Waals surface area contributed by atoms with Gasteiger partial charge in [-0.25, -0.2) is 14.6 Å². The van der Waals surface area contributed by atoms with Gasteiger partial charge in [-0.2, -0.15) is 10.2 Å². The van der Waals surface area contributed by atoms with Gasteiger partial charge in [0.15, 0.2) is 0 Å². The van der Waals surface area contributed by atoms with Gasteiger partial charge in [-0.3, -0.25) is 0 Å². The van der Waals surface area contributed by atoms with Crippen molar-refractivity contribution >= 4 is 11.9 Å². The highest BCUT2D eigenvalue weighted by Crippen LogP contribution is 2.21. The zero-order valence-electron chi connectivity index (χ0n) is 11.1. The smallest absolute Gasteiger partial charge is 0.376 e. The molecule has 0 saturated carbocycles. The summed E-state index contributed by atoms with van der Waals surface area (Å²) in [7, 11) is 2.29. The van der Waals surface area contributed by atoms with E-state index in [1.807, 2.05) is 6.07 Å². The Morgan fingerprint density at radius 1 is 1.24 bits per heavy atom. The predicted octanol–water partition coefficient (Wildman–Crippen LogP) is 1.18. The van der Waals surface area contributed by atoms with Crippen LogP contribution in [0.5, 0.6) is 0 Å². The van der Waals surface area contributed by atoms with Crippen LogP contribution in [0.4, 0.5) is 0 Å². The Balaban J connectivity index is 2.50. The second-order valence-corrected chi connectivity index (χ2v) is 3.72. The summed E-state index contributed by atoms with van der Waals surface area (Å²) >= 11 is 0. The minimum atomic E-state index is -0.859. The highest BCUT2D eigenvalue weighted by Gasteiger charge is 2.27. The number of hydrogen-bond donors (Lipinski definition) is 0. The minimum absolute atomic E-state index is 0.0553. The number of carbonyl (C=O) groups excluding carboxylic acids is 2.